The molecule has 1 N–H and O–H groups in total. The number of nitrogens with one attached hydrogen (secondary N) is 1. The Hall–Kier alpha value is -0.170. The summed E-state index contributed by atoms with van der Waals surface area (Å²) in [5.74, 6) is 0. The summed E-state index contributed by atoms with van der Waals surface area (Å²) < 4.78 is 24.8. The summed E-state index contributed by atoms with van der Waals surface area (Å²) in [5, 5.41) is 0. The third kappa shape index (κ3) is 2.91. The predicted octanol–water partition coefficient (Wildman–Crippen LogP) is 0.647. The van der Waals surface area contributed by atoms with Crippen molar-refractivity contribution in [2.75, 3.05) is 13.2 Å². The first kappa shape index (κ1) is 11.9. The van der Waals surface area contributed by atoms with E-state index in [0.717, 1.165) is 19.3 Å². The molecule has 0 aromatic rings. The van der Waals surface area contributed by atoms with Gasteiger partial charge in [-0.2, -0.15) is 12.7 Å². The second-order valence-corrected chi connectivity index (χ2v) is 5.06. The maximum Gasteiger partial charge on any atom is 0.301 e. The maximum atomic E-state index is 11.6. The monoisotopic (exact) mass is 222 g/mol. The molecular formula is C8H18N2O3S. The highest BCUT2D eigenvalue weighted by Crippen LogP contribution is 2.18. The Morgan fingerprint density at radius 3 is 2.79 bits per heavy atom. The first-order valence-corrected chi connectivity index (χ1v) is 6.42. The van der Waals surface area contributed by atoms with Gasteiger partial charge in [-0.25, -0.2) is 0 Å². The van der Waals surface area contributed by atoms with Gasteiger partial charge in [0.05, 0.1) is 6.61 Å². The van der Waals surface area contributed by atoms with Gasteiger partial charge < -0.3 is 0 Å². The van der Waals surface area contributed by atoms with E-state index in [1.165, 1.54) is 4.31 Å². The molecule has 6 heteroatoms. The van der Waals surface area contributed by atoms with Crippen molar-refractivity contribution in [2.24, 2.45) is 0 Å². The lowest BCUT2D eigenvalue weighted by molar-refractivity contribution is 0.0959. The quantitative estimate of drug-likeness (QED) is 0.710. The van der Waals surface area contributed by atoms with E-state index in [1.807, 2.05) is 6.92 Å². The lowest BCUT2D eigenvalue weighted by atomic mass is 10.1. The van der Waals surface area contributed by atoms with Gasteiger partial charge in [-0.1, -0.05) is 11.3 Å². The summed E-state index contributed by atoms with van der Waals surface area (Å²) in [6.07, 6.45) is 2.95. The van der Waals surface area contributed by atoms with Gasteiger partial charge in [-0.05, 0) is 26.7 Å². The van der Waals surface area contributed by atoms with Crippen molar-refractivity contribution in [3.63, 3.8) is 0 Å². The normalized spacial score (nSPS) is 25.1. The standard InChI is InChI=1S/C8H18N2O3S/c1-3-13-9-14(11,12)10-7-5-4-6-8(10)2/h8-9H,3-7H2,1-2H3. The molecule has 5 nitrogen and oxygen atoms in total. The number of piperidine rings is 1. The molecule has 0 radical (unpaired) electrons. The van der Waals surface area contributed by atoms with E-state index >= 15 is 0 Å². The Morgan fingerprint density at radius 1 is 1.50 bits per heavy atom. The zero-order chi connectivity index (χ0) is 10.6. The summed E-state index contributed by atoms with van der Waals surface area (Å²) >= 11 is 0. The molecule has 0 aliphatic carbocycles. The van der Waals surface area contributed by atoms with E-state index in [-0.39, 0.29) is 6.04 Å². The van der Waals surface area contributed by atoms with Crippen LogP contribution >= 0.6 is 0 Å². The van der Waals surface area contributed by atoms with E-state index in [4.69, 9.17) is 4.84 Å². The molecule has 1 aliphatic heterocycles. The first-order chi connectivity index (χ1) is 6.58. The Morgan fingerprint density at radius 2 is 2.21 bits per heavy atom. The molecule has 1 rings (SSSR count). The summed E-state index contributed by atoms with van der Waals surface area (Å²) in [4.78, 5) is 6.83. The first-order valence-electron chi connectivity index (χ1n) is 4.98. The Kier molecular flexibility index (Phi) is 4.31. The van der Waals surface area contributed by atoms with Crippen LogP contribution in [0.3, 0.4) is 0 Å². The molecule has 0 aromatic carbocycles. The van der Waals surface area contributed by atoms with Crippen LogP contribution in [0.15, 0.2) is 0 Å². The lowest BCUT2D eigenvalue weighted by Gasteiger charge is -2.31. The summed E-state index contributed by atoms with van der Waals surface area (Å²) in [6.45, 7) is 4.58. The van der Waals surface area contributed by atoms with Crippen LogP contribution in [-0.2, 0) is 15.0 Å². The van der Waals surface area contributed by atoms with Gasteiger partial charge in [0, 0.05) is 12.6 Å². The fraction of sp³-hybridized carbons (Fsp3) is 1.00. The van der Waals surface area contributed by atoms with Crippen LogP contribution in [0.2, 0.25) is 0 Å². The molecule has 14 heavy (non-hydrogen) atoms. The molecular weight excluding hydrogens is 204 g/mol. The molecule has 0 aromatic heterocycles. The van der Waals surface area contributed by atoms with Gasteiger partial charge >= 0.3 is 10.2 Å². The van der Waals surface area contributed by atoms with Gasteiger partial charge in [0.2, 0.25) is 0 Å². The van der Waals surface area contributed by atoms with Gasteiger partial charge in [-0.3, -0.25) is 4.84 Å². The van der Waals surface area contributed by atoms with E-state index < -0.39 is 10.2 Å². The average Bonchev–Trinajstić information content (AvgIpc) is 2.15. The second kappa shape index (κ2) is 5.06. The third-order valence-corrected chi connectivity index (χ3v) is 3.85. The zero-order valence-electron chi connectivity index (χ0n) is 8.69. The molecule has 1 unspecified atom stereocenters. The largest absolute Gasteiger partial charge is 0.301 e. The van der Waals surface area contributed by atoms with Crippen LogP contribution in [0.5, 0.6) is 0 Å². The van der Waals surface area contributed by atoms with Crippen molar-refractivity contribution in [3.8, 4) is 0 Å². The highest BCUT2D eigenvalue weighted by Gasteiger charge is 2.29. The topological polar surface area (TPSA) is 58.6 Å². The molecule has 1 atom stereocenters. The fourth-order valence-corrected chi connectivity index (χ4v) is 2.92. The molecule has 0 amide bonds. The van der Waals surface area contributed by atoms with Crippen LogP contribution in [0.25, 0.3) is 0 Å². The van der Waals surface area contributed by atoms with Crippen molar-refractivity contribution in [1.82, 2.24) is 9.19 Å². The molecule has 0 spiro atoms. The van der Waals surface area contributed by atoms with E-state index in [0.29, 0.717) is 13.2 Å². The van der Waals surface area contributed by atoms with Crippen molar-refractivity contribution < 1.29 is 13.3 Å². The minimum Gasteiger partial charge on any atom is -0.286 e. The van der Waals surface area contributed by atoms with Crippen LogP contribution in [0.1, 0.15) is 33.1 Å². The van der Waals surface area contributed by atoms with Crippen molar-refractivity contribution in [2.45, 2.75) is 39.2 Å². The average molecular weight is 222 g/mol. The zero-order valence-corrected chi connectivity index (χ0v) is 9.51. The smallest absolute Gasteiger partial charge is 0.286 e. The third-order valence-electron chi connectivity index (χ3n) is 2.36. The molecule has 1 heterocycles. The highest BCUT2D eigenvalue weighted by atomic mass is 32.2. The predicted molar refractivity (Wildman–Crippen MR) is 53.7 cm³/mol. The van der Waals surface area contributed by atoms with Crippen molar-refractivity contribution in [1.29, 1.82) is 0 Å². The minimum atomic E-state index is -3.43. The molecule has 1 saturated heterocycles. The number of nitrogens with zero attached hydrogens (tertiary/aromatic N) is 1. The summed E-state index contributed by atoms with van der Waals surface area (Å²) in [5.41, 5.74) is 0. The molecule has 1 fully saturated rings. The molecule has 1 aliphatic rings. The van der Waals surface area contributed by atoms with Crippen LogP contribution in [0.4, 0.5) is 0 Å². The molecule has 0 bridgehead atoms. The van der Waals surface area contributed by atoms with E-state index in [1.54, 1.807) is 6.92 Å². The maximum absolute atomic E-state index is 11.6. The van der Waals surface area contributed by atoms with Crippen molar-refractivity contribution >= 4 is 10.2 Å². The summed E-state index contributed by atoms with van der Waals surface area (Å²) in [7, 11) is -3.43. The van der Waals surface area contributed by atoms with Gasteiger partial charge in [-0.15, -0.1) is 0 Å². The fourth-order valence-electron chi connectivity index (χ4n) is 1.61. The Balaban J connectivity index is 2.60. The Bertz CT molecular complexity index is 266. The number of hydrogen-bond acceptors (Lipinski definition) is 3. The van der Waals surface area contributed by atoms with Crippen molar-refractivity contribution in [3.05, 3.63) is 0 Å². The van der Waals surface area contributed by atoms with Gasteiger partial charge in [0.15, 0.2) is 0 Å². The highest BCUT2D eigenvalue weighted by molar-refractivity contribution is 7.87. The summed E-state index contributed by atoms with van der Waals surface area (Å²) in [6, 6.07) is 0.0710. The number of rotatable bonds is 4. The van der Waals surface area contributed by atoms with Gasteiger partial charge in [0.1, 0.15) is 0 Å². The van der Waals surface area contributed by atoms with Crippen LogP contribution in [0, 0.1) is 0 Å². The molecule has 0 saturated carbocycles. The van der Waals surface area contributed by atoms with Gasteiger partial charge in [0.25, 0.3) is 0 Å². The molecule has 84 valence electrons. The number of hydrogen-bond donors (Lipinski definition) is 1. The van der Waals surface area contributed by atoms with E-state index in [9.17, 15) is 8.42 Å². The second-order valence-electron chi connectivity index (χ2n) is 3.48. The minimum absolute atomic E-state index is 0.0710. The van der Waals surface area contributed by atoms with Crippen LogP contribution < -0.4 is 4.89 Å². The van der Waals surface area contributed by atoms with Crippen LogP contribution in [-0.4, -0.2) is 31.9 Å². The Labute approximate surface area is 85.6 Å². The lowest BCUT2D eigenvalue weighted by Crippen LogP contribution is -2.47. The SMILES string of the molecule is CCONS(=O)(=O)N1CCCCC1C. The van der Waals surface area contributed by atoms with E-state index in [2.05, 4.69) is 4.89 Å².